The smallest absolute Gasteiger partial charge is 0.270 e. The van der Waals surface area contributed by atoms with Crippen molar-refractivity contribution in [3.63, 3.8) is 0 Å². The lowest BCUT2D eigenvalue weighted by Crippen LogP contribution is -2.28. The Morgan fingerprint density at radius 1 is 1.52 bits per heavy atom. The second-order valence-corrected chi connectivity index (χ2v) is 5.49. The monoisotopic (exact) mass is 305 g/mol. The van der Waals surface area contributed by atoms with E-state index in [1.807, 2.05) is 12.3 Å². The predicted octanol–water partition coefficient (Wildman–Crippen LogP) is 2.72. The Morgan fingerprint density at radius 2 is 2.38 bits per heavy atom. The van der Waals surface area contributed by atoms with E-state index in [0.717, 1.165) is 5.69 Å². The molecule has 21 heavy (non-hydrogen) atoms. The van der Waals surface area contributed by atoms with Crippen LogP contribution in [0.1, 0.15) is 17.7 Å². The molecule has 1 unspecified atom stereocenters. The van der Waals surface area contributed by atoms with Crippen molar-refractivity contribution in [1.29, 1.82) is 0 Å². The third-order valence-corrected chi connectivity index (χ3v) is 3.84. The van der Waals surface area contributed by atoms with Crippen molar-refractivity contribution in [1.82, 2.24) is 4.98 Å². The summed E-state index contributed by atoms with van der Waals surface area (Å²) >= 11 is 1.35. The van der Waals surface area contributed by atoms with Crippen LogP contribution in [0.15, 0.2) is 34.8 Å². The number of rotatable bonds is 3. The van der Waals surface area contributed by atoms with Gasteiger partial charge in [0.1, 0.15) is 5.82 Å². The number of carbonyl (C=O) groups excluding carboxylic acids is 1. The van der Waals surface area contributed by atoms with Crippen LogP contribution in [0.25, 0.3) is 0 Å². The standard InChI is InChI=1S/C14H12FN3O2S/c1-8-7-21-14(16-8)17-13(19)12-6-11(18-20-12)9-3-2-4-10(15)5-9/h2-5,7,12H,6H2,1H3,(H,16,17,19). The Morgan fingerprint density at radius 3 is 3.10 bits per heavy atom. The largest absolute Gasteiger partial charge is 0.382 e. The molecule has 7 heteroatoms. The van der Waals surface area contributed by atoms with E-state index in [4.69, 9.17) is 4.84 Å². The van der Waals surface area contributed by atoms with Gasteiger partial charge in [0.25, 0.3) is 5.91 Å². The molecule has 1 aliphatic rings. The highest BCUT2D eigenvalue weighted by Crippen LogP contribution is 2.20. The van der Waals surface area contributed by atoms with E-state index in [1.165, 1.54) is 23.5 Å². The summed E-state index contributed by atoms with van der Waals surface area (Å²) in [6.07, 6.45) is -0.410. The van der Waals surface area contributed by atoms with Crippen LogP contribution in [0, 0.1) is 12.7 Å². The molecule has 108 valence electrons. The Labute approximate surface area is 124 Å². The topological polar surface area (TPSA) is 63.6 Å². The lowest BCUT2D eigenvalue weighted by atomic mass is 10.0. The molecule has 0 aliphatic carbocycles. The number of benzene rings is 1. The van der Waals surface area contributed by atoms with E-state index in [0.29, 0.717) is 22.8 Å². The quantitative estimate of drug-likeness (QED) is 0.948. The highest BCUT2D eigenvalue weighted by atomic mass is 32.1. The molecule has 1 N–H and O–H groups in total. The summed E-state index contributed by atoms with van der Waals surface area (Å²) in [5.74, 6) is -0.652. The maximum atomic E-state index is 13.2. The molecule has 2 aromatic rings. The van der Waals surface area contributed by atoms with E-state index < -0.39 is 6.10 Å². The molecule has 1 aromatic heterocycles. The fraction of sp³-hybridized carbons (Fsp3) is 0.214. The van der Waals surface area contributed by atoms with Crippen molar-refractivity contribution >= 4 is 28.1 Å². The second-order valence-electron chi connectivity index (χ2n) is 4.63. The van der Waals surface area contributed by atoms with Gasteiger partial charge in [0.05, 0.1) is 11.4 Å². The summed E-state index contributed by atoms with van der Waals surface area (Å²) in [6, 6.07) is 6.05. The van der Waals surface area contributed by atoms with Gasteiger partial charge in [0.2, 0.25) is 6.10 Å². The van der Waals surface area contributed by atoms with Gasteiger partial charge in [-0.05, 0) is 19.1 Å². The summed E-state index contributed by atoms with van der Waals surface area (Å²) in [5, 5.41) is 8.93. The van der Waals surface area contributed by atoms with Gasteiger partial charge in [-0.2, -0.15) is 0 Å². The van der Waals surface area contributed by atoms with Crippen LogP contribution >= 0.6 is 11.3 Å². The number of nitrogens with zero attached hydrogens (tertiary/aromatic N) is 2. The number of halogens is 1. The van der Waals surface area contributed by atoms with Crippen molar-refractivity contribution in [3.8, 4) is 0 Å². The summed E-state index contributed by atoms with van der Waals surface area (Å²) in [4.78, 5) is 21.3. The molecule has 5 nitrogen and oxygen atoms in total. The number of thiazole rings is 1. The molecule has 0 saturated heterocycles. The maximum absolute atomic E-state index is 13.2. The van der Waals surface area contributed by atoms with Gasteiger partial charge in [0.15, 0.2) is 5.13 Å². The summed E-state index contributed by atoms with van der Waals surface area (Å²) in [6.45, 7) is 1.85. The van der Waals surface area contributed by atoms with Crippen molar-refractivity contribution in [2.45, 2.75) is 19.4 Å². The van der Waals surface area contributed by atoms with Gasteiger partial charge in [-0.15, -0.1) is 11.3 Å². The fourth-order valence-electron chi connectivity index (χ4n) is 1.95. The number of nitrogens with one attached hydrogen (secondary N) is 1. The van der Waals surface area contributed by atoms with Crippen molar-refractivity contribution in [2.75, 3.05) is 5.32 Å². The molecule has 0 spiro atoms. The van der Waals surface area contributed by atoms with Gasteiger partial charge in [0, 0.05) is 17.4 Å². The predicted molar refractivity (Wildman–Crippen MR) is 77.9 cm³/mol. The second kappa shape index (κ2) is 5.61. The highest BCUT2D eigenvalue weighted by Gasteiger charge is 2.29. The molecule has 1 atom stereocenters. The lowest BCUT2D eigenvalue weighted by Gasteiger charge is -2.06. The molecular formula is C14H12FN3O2S. The zero-order valence-corrected chi connectivity index (χ0v) is 12.0. The van der Waals surface area contributed by atoms with Crippen LogP contribution in [0.5, 0.6) is 0 Å². The Hall–Kier alpha value is -2.28. The van der Waals surface area contributed by atoms with Crippen molar-refractivity contribution < 1.29 is 14.0 Å². The third kappa shape index (κ3) is 3.08. The molecule has 3 rings (SSSR count). The van der Waals surface area contributed by atoms with Crippen LogP contribution < -0.4 is 5.32 Å². The molecule has 1 amide bonds. The number of oxime groups is 1. The normalized spacial score (nSPS) is 17.2. The minimum atomic E-state index is -0.715. The average molecular weight is 305 g/mol. The molecule has 2 heterocycles. The number of aromatic nitrogens is 1. The average Bonchev–Trinajstić information content (AvgIpc) is 3.08. The first-order valence-electron chi connectivity index (χ1n) is 6.33. The molecule has 1 aromatic carbocycles. The zero-order chi connectivity index (χ0) is 14.8. The number of aryl methyl sites for hydroxylation is 1. The van der Waals surface area contributed by atoms with E-state index in [-0.39, 0.29) is 11.7 Å². The summed E-state index contributed by atoms with van der Waals surface area (Å²) in [5.41, 5.74) is 2.03. The molecule has 0 fully saturated rings. The first-order valence-corrected chi connectivity index (χ1v) is 7.21. The number of carbonyl (C=O) groups is 1. The molecule has 0 radical (unpaired) electrons. The first-order chi connectivity index (χ1) is 10.1. The molecule has 0 saturated carbocycles. The van der Waals surface area contributed by atoms with Gasteiger partial charge < -0.3 is 4.84 Å². The Bertz CT molecular complexity index is 714. The lowest BCUT2D eigenvalue weighted by molar-refractivity contribution is -0.125. The van der Waals surface area contributed by atoms with Gasteiger partial charge in [-0.25, -0.2) is 9.37 Å². The van der Waals surface area contributed by atoms with Gasteiger partial charge >= 0.3 is 0 Å². The Kier molecular flexibility index (Phi) is 3.66. The van der Waals surface area contributed by atoms with E-state index in [9.17, 15) is 9.18 Å². The Balaban J connectivity index is 1.64. The van der Waals surface area contributed by atoms with Crippen LogP contribution in [0.2, 0.25) is 0 Å². The molecule has 1 aliphatic heterocycles. The van der Waals surface area contributed by atoms with E-state index >= 15 is 0 Å². The van der Waals surface area contributed by atoms with Crippen LogP contribution in [-0.4, -0.2) is 22.7 Å². The highest BCUT2D eigenvalue weighted by molar-refractivity contribution is 7.13. The molecular weight excluding hydrogens is 293 g/mol. The maximum Gasteiger partial charge on any atom is 0.270 e. The van der Waals surface area contributed by atoms with Crippen LogP contribution in [0.3, 0.4) is 0 Å². The molecule has 0 bridgehead atoms. The van der Waals surface area contributed by atoms with E-state index in [1.54, 1.807) is 12.1 Å². The minimum absolute atomic E-state index is 0.305. The fourth-order valence-corrected chi connectivity index (χ4v) is 2.64. The first kappa shape index (κ1) is 13.7. The SMILES string of the molecule is Cc1csc(NC(=O)C2CC(c3cccc(F)c3)=NO2)n1. The summed E-state index contributed by atoms with van der Waals surface area (Å²) < 4.78 is 13.2. The minimum Gasteiger partial charge on any atom is -0.382 e. The number of anilines is 1. The van der Waals surface area contributed by atoms with Crippen LogP contribution in [-0.2, 0) is 9.63 Å². The van der Waals surface area contributed by atoms with Crippen molar-refractivity contribution in [3.05, 3.63) is 46.7 Å². The van der Waals surface area contributed by atoms with Crippen molar-refractivity contribution in [2.24, 2.45) is 5.16 Å². The van der Waals surface area contributed by atoms with Crippen LogP contribution in [0.4, 0.5) is 9.52 Å². The third-order valence-electron chi connectivity index (χ3n) is 2.97. The number of amides is 1. The number of hydrogen-bond acceptors (Lipinski definition) is 5. The van der Waals surface area contributed by atoms with E-state index in [2.05, 4.69) is 15.5 Å². The summed E-state index contributed by atoms with van der Waals surface area (Å²) in [7, 11) is 0. The van der Waals surface area contributed by atoms with Gasteiger partial charge in [-0.1, -0.05) is 17.3 Å². The number of hydrogen-bond donors (Lipinski definition) is 1. The van der Waals surface area contributed by atoms with Gasteiger partial charge in [-0.3, -0.25) is 10.1 Å². The zero-order valence-electron chi connectivity index (χ0n) is 11.2.